The average molecular weight is 922 g/mol. The van der Waals surface area contributed by atoms with Gasteiger partial charge in [0.05, 0.1) is 0 Å². The Morgan fingerprint density at radius 3 is 2.22 bits per heavy atom. The van der Waals surface area contributed by atoms with Crippen molar-refractivity contribution < 1.29 is 21.5 Å². The summed E-state index contributed by atoms with van der Waals surface area (Å²) in [6, 6.07) is 40.0. The molecule has 257 valence electrons. The van der Waals surface area contributed by atoms with Gasteiger partial charge in [0.25, 0.3) is 0 Å². The third kappa shape index (κ3) is 7.64. The van der Waals surface area contributed by atoms with E-state index in [0.29, 0.717) is 0 Å². The molecule has 0 fully saturated rings. The van der Waals surface area contributed by atoms with E-state index in [1.165, 1.54) is 41.1 Å². The molecular formula is C45H41GeIrN3S-2. The number of hydrogen-bond donors (Lipinski definition) is 0. The van der Waals surface area contributed by atoms with Gasteiger partial charge in [0.1, 0.15) is 0 Å². The largest absolute Gasteiger partial charge is 0.295 e. The second kappa shape index (κ2) is 15.3. The van der Waals surface area contributed by atoms with Gasteiger partial charge in [-0.15, -0.1) is 17.5 Å². The van der Waals surface area contributed by atoms with E-state index in [1.807, 2.05) is 56.4 Å². The van der Waals surface area contributed by atoms with Gasteiger partial charge in [-0.1, -0.05) is 65.2 Å². The summed E-state index contributed by atoms with van der Waals surface area (Å²) in [5.41, 5.74) is 9.30. The average Bonchev–Trinajstić information content (AvgIpc) is 3.51. The number of fused-ring (bicyclic) bond motifs is 5. The summed E-state index contributed by atoms with van der Waals surface area (Å²) in [4.78, 5) is 13.7. The fourth-order valence-electron chi connectivity index (χ4n) is 6.73. The van der Waals surface area contributed by atoms with Crippen LogP contribution in [0.5, 0.6) is 0 Å². The Bertz CT molecular complexity index is 2540. The summed E-state index contributed by atoms with van der Waals surface area (Å²) in [6.45, 7) is 8.26. The molecule has 51 heavy (non-hydrogen) atoms. The molecule has 0 amide bonds. The van der Waals surface area contributed by atoms with Crippen LogP contribution in [0.15, 0.2) is 116 Å². The number of hydrogen-bond acceptors (Lipinski definition) is 4. The zero-order valence-corrected chi connectivity index (χ0v) is 35.4. The Hall–Kier alpha value is -4.00. The number of nitrogens with zero attached hydrogens (tertiary/aromatic N) is 3. The molecule has 4 aromatic carbocycles. The van der Waals surface area contributed by atoms with Crippen molar-refractivity contribution in [2.45, 2.75) is 50.9 Å². The topological polar surface area (TPSA) is 38.7 Å². The molecule has 0 saturated carbocycles. The summed E-state index contributed by atoms with van der Waals surface area (Å²) in [6.07, 6.45) is 5.67. The molecule has 0 N–H and O–H groups in total. The molecule has 1 atom stereocenters. The molecule has 0 spiro atoms. The van der Waals surface area contributed by atoms with E-state index in [9.17, 15) is 1.37 Å². The smallest absolute Gasteiger partial charge is 0.0399 e. The van der Waals surface area contributed by atoms with Crippen LogP contribution in [0.25, 0.3) is 53.5 Å². The SMILES string of the molecule is Cc1cc(-c2[c-]cccc2)nc[c]1[Ge]([CH3])([CH3])[CH3].[2H]C(C)(c1ccnc(C)c1)c1ccnc(-c2[c-]c3cccc(C)c3c3c2sc2ccccc23)c1.[Ir]. The van der Waals surface area contributed by atoms with Gasteiger partial charge in [-0.05, 0) is 59.3 Å². The number of aromatic nitrogens is 3. The van der Waals surface area contributed by atoms with Crippen LogP contribution in [0.2, 0.25) is 17.3 Å². The number of pyridine rings is 3. The van der Waals surface area contributed by atoms with Gasteiger partial charge in [0.2, 0.25) is 0 Å². The van der Waals surface area contributed by atoms with Gasteiger partial charge >= 0.3 is 106 Å². The predicted molar refractivity (Wildman–Crippen MR) is 216 cm³/mol. The maximum absolute atomic E-state index is 9.21. The Labute approximate surface area is 323 Å². The molecule has 0 aliphatic carbocycles. The molecule has 8 rings (SSSR count). The van der Waals surface area contributed by atoms with Crippen molar-refractivity contribution in [3.8, 4) is 22.5 Å². The van der Waals surface area contributed by atoms with Gasteiger partial charge in [-0.2, -0.15) is 11.3 Å². The van der Waals surface area contributed by atoms with Gasteiger partial charge in [-0.3, -0.25) is 9.97 Å². The number of aryl methyl sites for hydroxylation is 3. The number of rotatable bonds is 5. The van der Waals surface area contributed by atoms with Crippen LogP contribution in [0, 0.1) is 32.9 Å². The molecule has 6 heteroatoms. The first-order valence-corrected chi connectivity index (χ1v) is 25.2. The molecule has 0 aliphatic heterocycles. The first-order chi connectivity index (χ1) is 24.4. The zero-order chi connectivity index (χ0) is 35.9. The van der Waals surface area contributed by atoms with E-state index in [0.717, 1.165) is 44.7 Å². The molecule has 3 nitrogen and oxygen atoms in total. The van der Waals surface area contributed by atoms with E-state index in [1.54, 1.807) is 17.5 Å². The predicted octanol–water partition coefficient (Wildman–Crippen LogP) is 11.6. The maximum atomic E-state index is 9.21. The van der Waals surface area contributed by atoms with Crippen molar-refractivity contribution in [1.29, 1.82) is 0 Å². The second-order valence-corrected chi connectivity index (χ2v) is 25.6. The fraction of sp³-hybridized carbons (Fsp3) is 0.178. The van der Waals surface area contributed by atoms with Crippen LogP contribution in [0.1, 0.15) is 42.1 Å². The minimum atomic E-state index is -1.77. The van der Waals surface area contributed by atoms with Crippen LogP contribution >= 0.6 is 11.3 Å². The first-order valence-electron chi connectivity index (χ1n) is 17.5. The van der Waals surface area contributed by atoms with E-state index in [4.69, 9.17) is 4.98 Å². The van der Waals surface area contributed by atoms with Crippen molar-refractivity contribution in [2.75, 3.05) is 0 Å². The van der Waals surface area contributed by atoms with Crippen LogP contribution < -0.4 is 4.40 Å². The Morgan fingerprint density at radius 1 is 0.745 bits per heavy atom. The van der Waals surface area contributed by atoms with E-state index >= 15 is 0 Å². The van der Waals surface area contributed by atoms with Crippen molar-refractivity contribution >= 4 is 59.9 Å². The second-order valence-electron chi connectivity index (χ2n) is 14.0. The van der Waals surface area contributed by atoms with Crippen LogP contribution in [-0.2, 0) is 20.1 Å². The molecule has 0 saturated heterocycles. The van der Waals surface area contributed by atoms with Gasteiger partial charge < -0.3 is 0 Å². The minimum Gasteiger partial charge on any atom is -0.295 e. The molecule has 0 bridgehead atoms. The Balaban J connectivity index is 0.000000218. The van der Waals surface area contributed by atoms with E-state index in [-0.39, 0.29) is 20.1 Å². The Morgan fingerprint density at radius 2 is 1.49 bits per heavy atom. The standard InChI is InChI=1S/C30H23N2S.C15H18GeN.Ir/c1-18-7-6-8-23-16-25(30-29(28(18)23)24-9-4-5-10-27(24)33-30)26-17-22(12-14-32-26)20(3)21-11-13-31-19(2)15-21;1-12-10-15(13-8-6-5-7-9-13)17-11-14(12)16(2,3)4;/h4-15,17,20H,1-3H3;5-8,10-11H,1-4H3;/q2*-1;/i20D;;. The molecule has 1 radical (unpaired) electrons. The summed E-state index contributed by atoms with van der Waals surface area (Å²) in [5, 5.41) is 4.89. The summed E-state index contributed by atoms with van der Waals surface area (Å²) >= 11 is 0.0194. The fourth-order valence-corrected chi connectivity index (χ4v) is 11.5. The monoisotopic (exact) mass is 923 g/mol. The van der Waals surface area contributed by atoms with E-state index in [2.05, 4.69) is 120 Å². The minimum absolute atomic E-state index is 0. The molecule has 1 unspecified atom stereocenters. The molecule has 4 aromatic heterocycles. The van der Waals surface area contributed by atoms with Crippen molar-refractivity contribution in [3.63, 3.8) is 0 Å². The van der Waals surface area contributed by atoms with Crippen molar-refractivity contribution in [1.82, 2.24) is 15.0 Å². The normalized spacial score (nSPS) is 12.9. The zero-order valence-electron chi connectivity index (χ0n) is 31.1. The Kier molecular flexibility index (Phi) is 10.6. The first kappa shape index (κ1) is 35.4. The quantitative estimate of drug-likeness (QED) is 0.128. The van der Waals surface area contributed by atoms with Crippen LogP contribution in [0.4, 0.5) is 0 Å². The van der Waals surface area contributed by atoms with Crippen LogP contribution in [-0.4, -0.2) is 28.2 Å². The number of benzene rings is 4. The molecule has 0 aliphatic rings. The summed E-state index contributed by atoms with van der Waals surface area (Å²) < 4.78 is 13.2. The van der Waals surface area contributed by atoms with Gasteiger partial charge in [0.15, 0.2) is 0 Å². The van der Waals surface area contributed by atoms with Crippen LogP contribution in [0.3, 0.4) is 0 Å². The summed E-state index contributed by atoms with van der Waals surface area (Å²) in [5.74, 6) is 6.28. The third-order valence-corrected chi connectivity index (χ3v) is 15.0. The maximum Gasteiger partial charge on any atom is 0.0399 e. The molecular weight excluding hydrogens is 879 g/mol. The third-order valence-electron chi connectivity index (χ3n) is 9.29. The molecule has 4 heterocycles. The van der Waals surface area contributed by atoms with E-state index < -0.39 is 19.2 Å². The van der Waals surface area contributed by atoms with Crippen molar-refractivity contribution in [2.24, 2.45) is 0 Å². The van der Waals surface area contributed by atoms with Crippen molar-refractivity contribution in [3.05, 3.63) is 156 Å². The summed E-state index contributed by atoms with van der Waals surface area (Å²) in [7, 11) is 0. The van der Waals surface area contributed by atoms with Gasteiger partial charge in [-0.25, -0.2) is 0 Å². The molecule has 8 aromatic rings. The van der Waals surface area contributed by atoms with Gasteiger partial charge in [0, 0.05) is 55.9 Å². The number of thiophene rings is 1.